The van der Waals surface area contributed by atoms with Gasteiger partial charge in [0.2, 0.25) is 15.3 Å². The van der Waals surface area contributed by atoms with Gasteiger partial charge in [0, 0.05) is 0 Å². The van der Waals surface area contributed by atoms with Crippen molar-refractivity contribution in [3.63, 3.8) is 0 Å². The summed E-state index contributed by atoms with van der Waals surface area (Å²) in [6.07, 6.45) is 1.24. The maximum Gasteiger partial charge on any atom is 0.239 e. The number of rotatable bonds is 5. The molecule has 16 heavy (non-hydrogen) atoms. The number of hydrogen-bond donors (Lipinski definition) is 1. The van der Waals surface area contributed by atoms with Crippen molar-refractivity contribution in [2.45, 2.75) is 12.5 Å². The fraction of sp³-hybridized carbons (Fsp3) is 0.300. The molecular weight excluding hydrogens is 250 g/mol. The quantitative estimate of drug-likeness (QED) is 0.802. The van der Waals surface area contributed by atoms with Gasteiger partial charge in [-0.2, -0.15) is 0 Å². The Bertz CT molecular complexity index is 458. The first-order valence-electron chi connectivity index (χ1n) is 4.59. The average molecular weight is 262 g/mol. The second kappa shape index (κ2) is 5.43. The van der Waals surface area contributed by atoms with Crippen molar-refractivity contribution in [3.05, 3.63) is 35.9 Å². The van der Waals surface area contributed by atoms with Crippen LogP contribution in [0.1, 0.15) is 5.56 Å². The molecule has 6 heteroatoms. The van der Waals surface area contributed by atoms with Crippen molar-refractivity contribution in [2.24, 2.45) is 0 Å². The summed E-state index contributed by atoms with van der Waals surface area (Å²) in [6.45, 7) is 0. The van der Waals surface area contributed by atoms with Gasteiger partial charge in [0.05, 0.1) is 12.3 Å². The zero-order valence-electron chi connectivity index (χ0n) is 8.68. The molecule has 0 spiro atoms. The first kappa shape index (κ1) is 13.2. The molecule has 1 aromatic carbocycles. The topological polar surface area (TPSA) is 63.2 Å². The third-order valence-electron chi connectivity index (χ3n) is 1.91. The number of nitrogens with one attached hydrogen (secondary N) is 1. The normalized spacial score (nSPS) is 13.4. The van der Waals surface area contributed by atoms with Crippen LogP contribution >= 0.6 is 11.6 Å². The van der Waals surface area contributed by atoms with E-state index in [-0.39, 0.29) is 6.42 Å². The lowest BCUT2D eigenvalue weighted by atomic mass is 10.1. The molecule has 0 saturated carbocycles. The molecular formula is C10H12ClNO3S. The van der Waals surface area contributed by atoms with E-state index in [1.54, 1.807) is 12.1 Å². The van der Waals surface area contributed by atoms with Crippen LogP contribution in [0.5, 0.6) is 0 Å². The van der Waals surface area contributed by atoms with E-state index in [1.165, 1.54) is 0 Å². The SMILES string of the molecule is CS(=O)(=O)N[C@H](Cc1ccccc1)C(=O)Cl. The van der Waals surface area contributed by atoms with Crippen molar-refractivity contribution in [2.75, 3.05) is 6.26 Å². The Labute approximate surface area is 99.7 Å². The Morgan fingerprint density at radius 2 is 1.94 bits per heavy atom. The maximum absolute atomic E-state index is 11.1. The van der Waals surface area contributed by atoms with Gasteiger partial charge in [0.15, 0.2) is 0 Å². The van der Waals surface area contributed by atoms with E-state index in [2.05, 4.69) is 4.72 Å². The fourth-order valence-corrected chi connectivity index (χ4v) is 2.18. The van der Waals surface area contributed by atoms with Gasteiger partial charge < -0.3 is 0 Å². The minimum Gasteiger partial charge on any atom is -0.279 e. The van der Waals surface area contributed by atoms with E-state index in [0.717, 1.165) is 11.8 Å². The number of hydrogen-bond acceptors (Lipinski definition) is 3. The van der Waals surface area contributed by atoms with E-state index < -0.39 is 21.3 Å². The number of benzene rings is 1. The number of halogens is 1. The maximum atomic E-state index is 11.1. The molecule has 0 heterocycles. The van der Waals surface area contributed by atoms with Crippen LogP contribution in [0.25, 0.3) is 0 Å². The van der Waals surface area contributed by atoms with Crippen molar-refractivity contribution < 1.29 is 13.2 Å². The minimum absolute atomic E-state index is 0.246. The summed E-state index contributed by atoms with van der Waals surface area (Å²) in [7, 11) is -3.44. The van der Waals surface area contributed by atoms with Crippen LogP contribution in [-0.2, 0) is 21.2 Å². The van der Waals surface area contributed by atoms with Crippen molar-refractivity contribution >= 4 is 26.9 Å². The van der Waals surface area contributed by atoms with Crippen LogP contribution in [0.4, 0.5) is 0 Å². The van der Waals surface area contributed by atoms with Gasteiger partial charge in [0.1, 0.15) is 0 Å². The zero-order chi connectivity index (χ0) is 12.2. The summed E-state index contributed by atoms with van der Waals surface area (Å²) < 4.78 is 24.2. The zero-order valence-corrected chi connectivity index (χ0v) is 10.3. The second-order valence-electron chi connectivity index (χ2n) is 3.44. The Hall–Kier alpha value is -0.910. The molecule has 0 unspecified atom stereocenters. The minimum atomic E-state index is -3.44. The van der Waals surface area contributed by atoms with Crippen LogP contribution in [0.15, 0.2) is 30.3 Å². The third kappa shape index (κ3) is 4.74. The van der Waals surface area contributed by atoms with E-state index in [4.69, 9.17) is 11.6 Å². The van der Waals surface area contributed by atoms with E-state index in [1.807, 2.05) is 18.2 Å². The molecule has 0 aliphatic heterocycles. The molecule has 0 radical (unpaired) electrons. The predicted molar refractivity (Wildman–Crippen MR) is 62.8 cm³/mol. The predicted octanol–water partition coefficient (Wildman–Crippen LogP) is 0.912. The molecule has 0 aromatic heterocycles. The van der Waals surface area contributed by atoms with Crippen LogP contribution in [0.2, 0.25) is 0 Å². The number of carbonyl (C=O) groups is 1. The summed E-state index contributed by atoms with van der Waals surface area (Å²) in [5, 5.41) is -0.714. The Morgan fingerprint density at radius 3 is 2.38 bits per heavy atom. The molecule has 0 aliphatic rings. The average Bonchev–Trinajstić information content (AvgIpc) is 2.16. The van der Waals surface area contributed by atoms with Crippen LogP contribution < -0.4 is 4.72 Å². The van der Waals surface area contributed by atoms with Crippen LogP contribution in [0.3, 0.4) is 0 Å². The number of carbonyl (C=O) groups excluding carboxylic acids is 1. The molecule has 88 valence electrons. The van der Waals surface area contributed by atoms with Gasteiger partial charge in [-0.25, -0.2) is 13.1 Å². The number of sulfonamides is 1. The standard InChI is InChI=1S/C10H12ClNO3S/c1-16(14,15)12-9(10(11)13)7-8-5-3-2-4-6-8/h2-6,9,12H,7H2,1H3/t9-/m1/s1. The smallest absolute Gasteiger partial charge is 0.239 e. The molecule has 1 N–H and O–H groups in total. The molecule has 0 aliphatic carbocycles. The molecule has 0 amide bonds. The summed E-state index contributed by atoms with van der Waals surface area (Å²) in [5.41, 5.74) is 0.845. The van der Waals surface area contributed by atoms with Crippen molar-refractivity contribution in [1.29, 1.82) is 0 Å². The second-order valence-corrected chi connectivity index (χ2v) is 5.59. The van der Waals surface area contributed by atoms with Gasteiger partial charge in [-0.3, -0.25) is 4.79 Å². The third-order valence-corrected chi connectivity index (χ3v) is 2.89. The van der Waals surface area contributed by atoms with Gasteiger partial charge >= 0.3 is 0 Å². The highest BCUT2D eigenvalue weighted by Gasteiger charge is 2.20. The fourth-order valence-electron chi connectivity index (χ4n) is 1.28. The molecule has 1 rings (SSSR count). The van der Waals surface area contributed by atoms with Crippen molar-refractivity contribution in [3.8, 4) is 0 Å². The van der Waals surface area contributed by atoms with Crippen molar-refractivity contribution in [1.82, 2.24) is 4.72 Å². The van der Waals surface area contributed by atoms with Gasteiger partial charge in [-0.1, -0.05) is 30.3 Å². The van der Waals surface area contributed by atoms with Gasteiger partial charge in [-0.15, -0.1) is 0 Å². The first-order chi connectivity index (χ1) is 7.38. The summed E-state index contributed by atoms with van der Waals surface area (Å²) in [6, 6.07) is 8.15. The van der Waals surface area contributed by atoms with E-state index in [9.17, 15) is 13.2 Å². The van der Waals surface area contributed by atoms with Crippen LogP contribution in [-0.4, -0.2) is 26.0 Å². The Kier molecular flexibility index (Phi) is 4.46. The van der Waals surface area contributed by atoms with Gasteiger partial charge in [0.25, 0.3) is 0 Å². The molecule has 1 atom stereocenters. The lowest BCUT2D eigenvalue weighted by Crippen LogP contribution is -2.39. The molecule has 0 fully saturated rings. The molecule has 1 aromatic rings. The van der Waals surface area contributed by atoms with Gasteiger partial charge in [-0.05, 0) is 23.6 Å². The lowest BCUT2D eigenvalue weighted by molar-refractivity contribution is -0.113. The van der Waals surface area contributed by atoms with E-state index in [0.29, 0.717) is 0 Å². The highest BCUT2D eigenvalue weighted by molar-refractivity contribution is 7.88. The summed E-state index contributed by atoms with van der Waals surface area (Å²) in [5.74, 6) is 0. The molecule has 0 bridgehead atoms. The molecule has 0 saturated heterocycles. The monoisotopic (exact) mass is 261 g/mol. The first-order valence-corrected chi connectivity index (χ1v) is 6.86. The van der Waals surface area contributed by atoms with Crippen LogP contribution in [0, 0.1) is 0 Å². The summed E-state index contributed by atoms with van der Waals surface area (Å²) in [4.78, 5) is 11.1. The Morgan fingerprint density at radius 1 is 1.38 bits per heavy atom. The highest BCUT2D eigenvalue weighted by atomic mass is 35.5. The Balaban J connectivity index is 2.77. The van der Waals surface area contributed by atoms with E-state index >= 15 is 0 Å². The largest absolute Gasteiger partial charge is 0.279 e. The highest BCUT2D eigenvalue weighted by Crippen LogP contribution is 2.06. The summed E-state index contributed by atoms with van der Waals surface area (Å²) >= 11 is 5.33. The molecule has 4 nitrogen and oxygen atoms in total. The lowest BCUT2D eigenvalue weighted by Gasteiger charge is -2.12.